The number of methoxy groups -OCH3 is 3. The lowest BCUT2D eigenvalue weighted by molar-refractivity contribution is -0.138. The number of carbonyl (C=O) groups is 2. The summed E-state index contributed by atoms with van der Waals surface area (Å²) in [5.74, 6) is -4.11. The van der Waals surface area contributed by atoms with Gasteiger partial charge in [0.25, 0.3) is 0 Å². The fourth-order valence-corrected chi connectivity index (χ4v) is 1.57. The van der Waals surface area contributed by atoms with E-state index in [0.717, 1.165) is 26.4 Å². The second-order valence-electron chi connectivity index (χ2n) is 4.08. The van der Waals surface area contributed by atoms with Crippen molar-refractivity contribution in [1.82, 2.24) is 0 Å². The highest BCUT2D eigenvalue weighted by molar-refractivity contribution is 5.98. The third kappa shape index (κ3) is 3.72. The van der Waals surface area contributed by atoms with Gasteiger partial charge in [-0.25, -0.2) is 18.4 Å². The molecule has 6 nitrogen and oxygen atoms in total. The Bertz CT molecular complexity index is 628. The molecule has 22 heavy (non-hydrogen) atoms. The summed E-state index contributed by atoms with van der Waals surface area (Å²) >= 11 is 0. The number of hydrogen-bond acceptors (Lipinski definition) is 6. The Hall–Kier alpha value is -2.64. The van der Waals surface area contributed by atoms with Gasteiger partial charge < -0.3 is 19.5 Å². The number of rotatable bonds is 5. The van der Waals surface area contributed by atoms with E-state index in [1.165, 1.54) is 14.0 Å². The fourth-order valence-electron chi connectivity index (χ4n) is 1.57. The number of hydrogen-bond donors (Lipinski definition) is 1. The minimum atomic E-state index is -1.22. The Kier molecular flexibility index (Phi) is 5.85. The molecule has 0 saturated carbocycles. The molecule has 8 heteroatoms. The molecule has 0 aromatic heterocycles. The van der Waals surface area contributed by atoms with Crippen molar-refractivity contribution in [3.05, 3.63) is 35.0 Å². The van der Waals surface area contributed by atoms with Crippen LogP contribution in [0, 0.1) is 18.6 Å². The monoisotopic (exact) mass is 315 g/mol. The van der Waals surface area contributed by atoms with Crippen LogP contribution in [0.5, 0.6) is 5.75 Å². The molecular weight excluding hydrogens is 300 g/mol. The SMILES string of the molecule is COC(=O)/C=C(/Nc1cc(OC)c(C)c(F)c1F)C(=O)OC. The van der Waals surface area contributed by atoms with E-state index in [-0.39, 0.29) is 17.0 Å². The standard InChI is InChI=1S/C14H15F2NO5/c1-7-10(20-2)5-8(13(16)12(7)15)17-9(14(19)22-4)6-11(18)21-3/h5-6,17H,1-4H3/b9-6+. The number of benzene rings is 1. The topological polar surface area (TPSA) is 73.9 Å². The normalized spacial score (nSPS) is 10.9. The highest BCUT2D eigenvalue weighted by Gasteiger charge is 2.20. The molecule has 1 N–H and O–H groups in total. The first-order valence-electron chi connectivity index (χ1n) is 6.03. The molecule has 1 rings (SSSR count). The Morgan fingerprint density at radius 3 is 2.27 bits per heavy atom. The molecule has 0 spiro atoms. The Labute approximate surface area is 125 Å². The van der Waals surface area contributed by atoms with Gasteiger partial charge in [0, 0.05) is 11.6 Å². The van der Waals surface area contributed by atoms with Crippen LogP contribution in [-0.2, 0) is 19.1 Å². The van der Waals surface area contributed by atoms with Crippen LogP contribution in [0.25, 0.3) is 0 Å². The molecule has 0 aliphatic heterocycles. The zero-order valence-electron chi connectivity index (χ0n) is 12.5. The van der Waals surface area contributed by atoms with Crippen LogP contribution in [0.3, 0.4) is 0 Å². The largest absolute Gasteiger partial charge is 0.496 e. The predicted molar refractivity (Wildman–Crippen MR) is 73.4 cm³/mol. The molecule has 0 unspecified atom stereocenters. The van der Waals surface area contributed by atoms with Crippen molar-refractivity contribution >= 4 is 17.6 Å². The molecule has 0 bridgehead atoms. The number of anilines is 1. The van der Waals surface area contributed by atoms with E-state index in [1.807, 2.05) is 0 Å². The minimum absolute atomic E-state index is 0.0258. The zero-order chi connectivity index (χ0) is 16.9. The molecule has 1 aromatic rings. The quantitative estimate of drug-likeness (QED) is 0.661. The van der Waals surface area contributed by atoms with Crippen molar-refractivity contribution in [2.24, 2.45) is 0 Å². The number of carbonyl (C=O) groups excluding carboxylic acids is 2. The first kappa shape index (κ1) is 17.4. The lowest BCUT2D eigenvalue weighted by Crippen LogP contribution is -2.16. The van der Waals surface area contributed by atoms with Crippen LogP contribution in [0.15, 0.2) is 17.8 Å². The average Bonchev–Trinajstić information content (AvgIpc) is 2.53. The molecule has 120 valence electrons. The van der Waals surface area contributed by atoms with Crippen LogP contribution in [0.1, 0.15) is 5.56 Å². The summed E-state index contributed by atoms with van der Waals surface area (Å²) in [7, 11) is 3.46. The van der Waals surface area contributed by atoms with E-state index >= 15 is 0 Å². The van der Waals surface area contributed by atoms with Crippen LogP contribution in [-0.4, -0.2) is 33.3 Å². The molecule has 1 aromatic carbocycles. The Balaban J connectivity index is 3.30. The molecular formula is C14H15F2NO5. The number of ether oxygens (including phenoxy) is 3. The van der Waals surface area contributed by atoms with Gasteiger partial charge in [0.05, 0.1) is 33.1 Å². The molecule has 0 saturated heterocycles. The predicted octanol–water partition coefficient (Wildman–Crippen LogP) is 1.92. The minimum Gasteiger partial charge on any atom is -0.496 e. The van der Waals surface area contributed by atoms with Gasteiger partial charge in [-0.2, -0.15) is 0 Å². The van der Waals surface area contributed by atoms with Gasteiger partial charge in [-0.3, -0.25) is 0 Å². The number of esters is 2. The first-order chi connectivity index (χ1) is 10.3. The molecule has 0 aliphatic rings. The van der Waals surface area contributed by atoms with Gasteiger partial charge in [-0.15, -0.1) is 0 Å². The lowest BCUT2D eigenvalue weighted by atomic mass is 10.1. The summed E-state index contributed by atoms with van der Waals surface area (Å²) in [5, 5.41) is 2.30. The first-order valence-corrected chi connectivity index (χ1v) is 6.03. The summed E-state index contributed by atoms with van der Waals surface area (Å²) in [6.07, 6.45) is 0.759. The second-order valence-corrected chi connectivity index (χ2v) is 4.08. The fraction of sp³-hybridized carbons (Fsp3) is 0.286. The number of halogens is 2. The average molecular weight is 315 g/mol. The summed E-state index contributed by atoms with van der Waals surface area (Å²) in [6, 6.07) is 1.15. The van der Waals surface area contributed by atoms with Crippen LogP contribution >= 0.6 is 0 Å². The lowest BCUT2D eigenvalue weighted by Gasteiger charge is -2.13. The van der Waals surface area contributed by atoms with E-state index in [4.69, 9.17) is 4.74 Å². The summed E-state index contributed by atoms with van der Waals surface area (Å²) in [6.45, 7) is 1.34. The smallest absolute Gasteiger partial charge is 0.354 e. The molecule has 0 fully saturated rings. The summed E-state index contributed by atoms with van der Waals surface area (Å²) < 4.78 is 41.5. The zero-order valence-corrected chi connectivity index (χ0v) is 12.5. The summed E-state index contributed by atoms with van der Waals surface area (Å²) in [5.41, 5.74) is -0.832. The van der Waals surface area contributed by atoms with Crippen molar-refractivity contribution in [2.75, 3.05) is 26.6 Å². The maximum Gasteiger partial charge on any atom is 0.354 e. The molecule has 0 atom stereocenters. The van der Waals surface area contributed by atoms with Gasteiger partial charge in [-0.1, -0.05) is 0 Å². The Morgan fingerprint density at radius 1 is 1.14 bits per heavy atom. The second kappa shape index (κ2) is 7.39. The maximum atomic E-state index is 13.9. The van der Waals surface area contributed by atoms with E-state index in [1.54, 1.807) is 0 Å². The number of nitrogens with one attached hydrogen (secondary N) is 1. The van der Waals surface area contributed by atoms with E-state index in [9.17, 15) is 18.4 Å². The van der Waals surface area contributed by atoms with Gasteiger partial charge in [0.2, 0.25) is 0 Å². The highest BCUT2D eigenvalue weighted by atomic mass is 19.2. The van der Waals surface area contributed by atoms with Crippen molar-refractivity contribution in [2.45, 2.75) is 6.92 Å². The van der Waals surface area contributed by atoms with Crippen LogP contribution in [0.4, 0.5) is 14.5 Å². The van der Waals surface area contributed by atoms with E-state index in [2.05, 4.69) is 14.8 Å². The van der Waals surface area contributed by atoms with Gasteiger partial charge in [0.1, 0.15) is 11.4 Å². The van der Waals surface area contributed by atoms with Crippen molar-refractivity contribution in [1.29, 1.82) is 0 Å². The Morgan fingerprint density at radius 2 is 1.77 bits per heavy atom. The van der Waals surface area contributed by atoms with Gasteiger partial charge in [0.15, 0.2) is 11.6 Å². The summed E-state index contributed by atoms with van der Waals surface area (Å²) in [4.78, 5) is 22.8. The molecule has 0 aliphatic carbocycles. The van der Waals surface area contributed by atoms with Gasteiger partial charge in [-0.05, 0) is 6.92 Å². The van der Waals surface area contributed by atoms with Crippen LogP contribution in [0.2, 0.25) is 0 Å². The maximum absolute atomic E-state index is 13.9. The van der Waals surface area contributed by atoms with Gasteiger partial charge >= 0.3 is 11.9 Å². The highest BCUT2D eigenvalue weighted by Crippen LogP contribution is 2.30. The third-order valence-electron chi connectivity index (χ3n) is 2.76. The van der Waals surface area contributed by atoms with E-state index in [0.29, 0.717) is 0 Å². The van der Waals surface area contributed by atoms with Crippen LogP contribution < -0.4 is 10.1 Å². The van der Waals surface area contributed by atoms with E-state index < -0.39 is 29.3 Å². The van der Waals surface area contributed by atoms with Crippen molar-refractivity contribution in [3.8, 4) is 5.75 Å². The molecule has 0 radical (unpaired) electrons. The third-order valence-corrected chi connectivity index (χ3v) is 2.76. The molecule has 0 amide bonds. The van der Waals surface area contributed by atoms with Crippen molar-refractivity contribution in [3.63, 3.8) is 0 Å². The van der Waals surface area contributed by atoms with Crippen molar-refractivity contribution < 1.29 is 32.6 Å². The molecule has 0 heterocycles.